The van der Waals surface area contributed by atoms with Crippen LogP contribution >= 0.6 is 0 Å². The molecule has 1 unspecified atom stereocenters. The predicted octanol–water partition coefficient (Wildman–Crippen LogP) is 2.65. The number of hydrogen-bond acceptors (Lipinski definition) is 4. The molecule has 19 heavy (non-hydrogen) atoms. The molecule has 1 aromatic rings. The molecule has 0 fully saturated rings. The van der Waals surface area contributed by atoms with Gasteiger partial charge in [-0.3, -0.25) is 0 Å². The number of fused-ring (bicyclic) bond motifs is 1. The highest BCUT2D eigenvalue weighted by atomic mass is 16.7. The van der Waals surface area contributed by atoms with Crippen molar-refractivity contribution in [2.75, 3.05) is 13.4 Å². The third-order valence-corrected chi connectivity index (χ3v) is 3.03. The summed E-state index contributed by atoms with van der Waals surface area (Å²) in [5.74, 6) is 2.29. The maximum Gasteiger partial charge on any atom is 0.231 e. The lowest BCUT2D eigenvalue weighted by Gasteiger charge is -2.14. The lowest BCUT2D eigenvalue weighted by Crippen LogP contribution is -2.18. The van der Waals surface area contributed by atoms with Crippen LogP contribution in [0.15, 0.2) is 24.3 Å². The van der Waals surface area contributed by atoms with Crippen LogP contribution in [0.1, 0.15) is 25.8 Å². The summed E-state index contributed by atoms with van der Waals surface area (Å²) in [5, 5.41) is 0. The zero-order chi connectivity index (χ0) is 13.8. The van der Waals surface area contributed by atoms with Crippen LogP contribution in [-0.4, -0.2) is 19.4 Å². The molecule has 1 aromatic carbocycles. The molecule has 0 saturated heterocycles. The third kappa shape index (κ3) is 3.41. The average molecular weight is 263 g/mol. The quantitative estimate of drug-likeness (QED) is 0.802. The molecule has 0 aromatic heterocycles. The topological polar surface area (TPSA) is 53.7 Å². The van der Waals surface area contributed by atoms with Crippen LogP contribution < -0.4 is 19.9 Å². The first kappa shape index (κ1) is 13.7. The van der Waals surface area contributed by atoms with Crippen LogP contribution in [0.25, 0.3) is 0 Å². The predicted molar refractivity (Wildman–Crippen MR) is 74.8 cm³/mol. The van der Waals surface area contributed by atoms with Crippen LogP contribution in [0.4, 0.5) is 0 Å². The fourth-order valence-electron chi connectivity index (χ4n) is 1.89. The molecule has 0 bridgehead atoms. The standard InChI is InChI=1S/C15H21NO3/c1-4-10(2)8-17-13-7-15-14(18-9-19-15)6-12(13)5-11(3)16/h6-7,11H,2,4-5,8-9,16H2,1,3H3. The Morgan fingerprint density at radius 2 is 2.11 bits per heavy atom. The molecule has 1 aliphatic rings. The van der Waals surface area contributed by atoms with Crippen LogP contribution in [0.3, 0.4) is 0 Å². The Morgan fingerprint density at radius 3 is 2.74 bits per heavy atom. The van der Waals surface area contributed by atoms with Crippen LogP contribution in [0, 0.1) is 0 Å². The second-order valence-electron chi connectivity index (χ2n) is 4.89. The van der Waals surface area contributed by atoms with E-state index >= 15 is 0 Å². The zero-order valence-electron chi connectivity index (χ0n) is 11.6. The summed E-state index contributed by atoms with van der Waals surface area (Å²) in [6, 6.07) is 3.90. The molecule has 2 rings (SSSR count). The minimum absolute atomic E-state index is 0.0668. The Bertz CT molecular complexity index is 469. The van der Waals surface area contributed by atoms with E-state index in [9.17, 15) is 0 Å². The molecule has 4 nitrogen and oxygen atoms in total. The summed E-state index contributed by atoms with van der Waals surface area (Å²) in [5.41, 5.74) is 7.98. The average Bonchev–Trinajstić information content (AvgIpc) is 2.81. The number of benzene rings is 1. The van der Waals surface area contributed by atoms with Gasteiger partial charge in [0.25, 0.3) is 0 Å². The fraction of sp³-hybridized carbons (Fsp3) is 0.467. The largest absolute Gasteiger partial charge is 0.489 e. The Hall–Kier alpha value is -1.68. The van der Waals surface area contributed by atoms with Crippen molar-refractivity contribution >= 4 is 0 Å². The van der Waals surface area contributed by atoms with E-state index in [0.29, 0.717) is 6.61 Å². The smallest absolute Gasteiger partial charge is 0.231 e. The molecular weight excluding hydrogens is 242 g/mol. The van der Waals surface area contributed by atoms with Gasteiger partial charge in [0, 0.05) is 12.1 Å². The SMILES string of the molecule is C=C(CC)COc1cc2c(cc1CC(C)N)OCO2. The number of nitrogens with two attached hydrogens (primary N) is 1. The molecule has 1 atom stereocenters. The van der Waals surface area contributed by atoms with Gasteiger partial charge in [-0.1, -0.05) is 13.5 Å². The maximum atomic E-state index is 5.88. The van der Waals surface area contributed by atoms with E-state index in [4.69, 9.17) is 19.9 Å². The molecule has 1 heterocycles. The van der Waals surface area contributed by atoms with E-state index in [-0.39, 0.29) is 12.8 Å². The van der Waals surface area contributed by atoms with Gasteiger partial charge >= 0.3 is 0 Å². The van der Waals surface area contributed by atoms with Crippen molar-refractivity contribution in [3.63, 3.8) is 0 Å². The van der Waals surface area contributed by atoms with Gasteiger partial charge in [0.15, 0.2) is 11.5 Å². The third-order valence-electron chi connectivity index (χ3n) is 3.03. The van der Waals surface area contributed by atoms with Gasteiger partial charge in [-0.2, -0.15) is 0 Å². The van der Waals surface area contributed by atoms with E-state index in [0.717, 1.165) is 41.2 Å². The van der Waals surface area contributed by atoms with Gasteiger partial charge in [0.1, 0.15) is 12.4 Å². The molecule has 1 aliphatic heterocycles. The normalized spacial score (nSPS) is 14.3. The number of rotatable bonds is 6. The summed E-state index contributed by atoms with van der Waals surface area (Å²) in [7, 11) is 0. The highest BCUT2D eigenvalue weighted by molar-refractivity contribution is 5.52. The first-order chi connectivity index (χ1) is 9.10. The highest BCUT2D eigenvalue weighted by Crippen LogP contribution is 2.38. The van der Waals surface area contributed by atoms with E-state index < -0.39 is 0 Å². The molecular formula is C15H21NO3. The summed E-state index contributed by atoms with van der Waals surface area (Å²) in [4.78, 5) is 0. The van der Waals surface area contributed by atoms with Crippen molar-refractivity contribution in [2.45, 2.75) is 32.7 Å². The molecule has 0 amide bonds. The lowest BCUT2D eigenvalue weighted by atomic mass is 10.1. The van der Waals surface area contributed by atoms with Gasteiger partial charge in [-0.15, -0.1) is 0 Å². The fourth-order valence-corrected chi connectivity index (χ4v) is 1.89. The molecule has 0 aliphatic carbocycles. The van der Waals surface area contributed by atoms with Crippen molar-refractivity contribution in [3.8, 4) is 17.2 Å². The monoisotopic (exact) mass is 263 g/mol. The van der Waals surface area contributed by atoms with Crippen molar-refractivity contribution < 1.29 is 14.2 Å². The second kappa shape index (κ2) is 5.97. The first-order valence-electron chi connectivity index (χ1n) is 6.57. The highest BCUT2D eigenvalue weighted by Gasteiger charge is 2.18. The summed E-state index contributed by atoms with van der Waals surface area (Å²) in [6.07, 6.45) is 1.65. The van der Waals surface area contributed by atoms with Crippen LogP contribution in [0.5, 0.6) is 17.2 Å². The van der Waals surface area contributed by atoms with E-state index in [1.54, 1.807) is 0 Å². The second-order valence-corrected chi connectivity index (χ2v) is 4.89. The number of ether oxygens (including phenoxy) is 3. The number of hydrogen-bond donors (Lipinski definition) is 1. The minimum atomic E-state index is 0.0668. The van der Waals surface area contributed by atoms with Crippen molar-refractivity contribution in [3.05, 3.63) is 29.8 Å². The Kier molecular flexibility index (Phi) is 4.32. The molecule has 0 spiro atoms. The Balaban J connectivity index is 2.20. The van der Waals surface area contributed by atoms with Gasteiger partial charge in [0.05, 0.1) is 0 Å². The molecule has 2 N–H and O–H groups in total. The summed E-state index contributed by atoms with van der Waals surface area (Å²) < 4.78 is 16.6. The lowest BCUT2D eigenvalue weighted by molar-refractivity contribution is 0.174. The van der Waals surface area contributed by atoms with E-state index in [2.05, 4.69) is 13.5 Å². The van der Waals surface area contributed by atoms with E-state index in [1.165, 1.54) is 0 Å². The van der Waals surface area contributed by atoms with Gasteiger partial charge in [-0.25, -0.2) is 0 Å². The van der Waals surface area contributed by atoms with Crippen molar-refractivity contribution in [1.29, 1.82) is 0 Å². The van der Waals surface area contributed by atoms with Gasteiger partial charge in [0.2, 0.25) is 6.79 Å². The van der Waals surface area contributed by atoms with Crippen molar-refractivity contribution in [1.82, 2.24) is 0 Å². The molecule has 0 radical (unpaired) electrons. The Morgan fingerprint density at radius 1 is 1.42 bits per heavy atom. The minimum Gasteiger partial charge on any atom is -0.489 e. The van der Waals surface area contributed by atoms with E-state index in [1.807, 2.05) is 19.1 Å². The Labute approximate surface area is 114 Å². The molecule has 0 saturated carbocycles. The van der Waals surface area contributed by atoms with Crippen molar-refractivity contribution in [2.24, 2.45) is 5.73 Å². The summed E-state index contributed by atoms with van der Waals surface area (Å²) in [6.45, 7) is 8.76. The van der Waals surface area contributed by atoms with Gasteiger partial charge < -0.3 is 19.9 Å². The first-order valence-corrected chi connectivity index (χ1v) is 6.57. The van der Waals surface area contributed by atoms with Crippen LogP contribution in [0.2, 0.25) is 0 Å². The summed E-state index contributed by atoms with van der Waals surface area (Å²) >= 11 is 0. The van der Waals surface area contributed by atoms with Crippen LogP contribution in [-0.2, 0) is 6.42 Å². The molecule has 104 valence electrons. The molecule has 4 heteroatoms. The zero-order valence-corrected chi connectivity index (χ0v) is 11.6. The maximum absolute atomic E-state index is 5.88. The van der Waals surface area contributed by atoms with Gasteiger partial charge in [-0.05, 0) is 37.0 Å².